The van der Waals surface area contributed by atoms with Crippen molar-refractivity contribution in [3.63, 3.8) is 0 Å². The normalized spacial score (nSPS) is 18.4. The van der Waals surface area contributed by atoms with E-state index in [2.05, 4.69) is 77.2 Å². The van der Waals surface area contributed by atoms with Crippen LogP contribution in [0.5, 0.6) is 5.75 Å². The van der Waals surface area contributed by atoms with Crippen molar-refractivity contribution < 1.29 is 9.53 Å². The lowest BCUT2D eigenvalue weighted by molar-refractivity contribution is -0.117. The molecule has 1 heterocycles. The summed E-state index contributed by atoms with van der Waals surface area (Å²) in [6, 6.07) is 14.4. The SMILES string of the molecule is Cc1ccc2c(c1)C(NC(=O)/C=C/c1ccc(C(C)(C)C)cc1)CC(C)(C)O2. The van der Waals surface area contributed by atoms with Gasteiger partial charge in [0.1, 0.15) is 11.4 Å². The minimum atomic E-state index is -0.313. The number of nitrogens with one attached hydrogen (secondary N) is 1. The summed E-state index contributed by atoms with van der Waals surface area (Å²) in [7, 11) is 0. The van der Waals surface area contributed by atoms with E-state index in [0.29, 0.717) is 0 Å². The minimum Gasteiger partial charge on any atom is -0.487 e. The number of hydrogen-bond acceptors (Lipinski definition) is 2. The molecule has 2 aromatic rings. The molecule has 28 heavy (non-hydrogen) atoms. The molecule has 0 bridgehead atoms. The van der Waals surface area contributed by atoms with Crippen molar-refractivity contribution in [2.45, 2.75) is 65.0 Å². The van der Waals surface area contributed by atoms with Crippen molar-refractivity contribution in [1.29, 1.82) is 0 Å². The van der Waals surface area contributed by atoms with Crippen LogP contribution in [-0.4, -0.2) is 11.5 Å². The Balaban J connectivity index is 1.72. The second-order valence-electron chi connectivity index (χ2n) is 9.37. The van der Waals surface area contributed by atoms with Crippen LogP contribution in [0.25, 0.3) is 6.08 Å². The quantitative estimate of drug-likeness (QED) is 0.694. The topological polar surface area (TPSA) is 38.3 Å². The maximum atomic E-state index is 12.6. The van der Waals surface area contributed by atoms with Crippen molar-refractivity contribution in [2.75, 3.05) is 0 Å². The number of amides is 1. The molecule has 1 unspecified atom stereocenters. The molecule has 1 amide bonds. The molecular weight excluding hydrogens is 346 g/mol. The molecule has 0 aromatic heterocycles. The van der Waals surface area contributed by atoms with Crippen molar-refractivity contribution in [3.05, 3.63) is 70.8 Å². The maximum absolute atomic E-state index is 12.6. The van der Waals surface area contributed by atoms with E-state index in [1.165, 1.54) is 5.56 Å². The monoisotopic (exact) mass is 377 g/mol. The van der Waals surface area contributed by atoms with Crippen LogP contribution < -0.4 is 10.1 Å². The highest BCUT2D eigenvalue weighted by Crippen LogP contribution is 2.39. The van der Waals surface area contributed by atoms with E-state index < -0.39 is 0 Å². The summed E-state index contributed by atoms with van der Waals surface area (Å²) in [5, 5.41) is 3.16. The third kappa shape index (κ3) is 4.83. The predicted octanol–water partition coefficient (Wildman–Crippen LogP) is 5.72. The van der Waals surface area contributed by atoms with E-state index in [9.17, 15) is 4.79 Å². The lowest BCUT2D eigenvalue weighted by Crippen LogP contribution is -2.41. The molecule has 1 aliphatic rings. The first-order valence-electron chi connectivity index (χ1n) is 9.92. The van der Waals surface area contributed by atoms with Crippen LogP contribution in [-0.2, 0) is 10.2 Å². The van der Waals surface area contributed by atoms with Gasteiger partial charge in [0.15, 0.2) is 0 Å². The first-order chi connectivity index (χ1) is 13.0. The fourth-order valence-corrected chi connectivity index (χ4v) is 3.59. The first kappa shape index (κ1) is 20.2. The number of hydrogen-bond donors (Lipinski definition) is 1. The Bertz CT molecular complexity index is 886. The Morgan fingerprint density at radius 3 is 2.46 bits per heavy atom. The molecule has 3 nitrogen and oxygen atoms in total. The largest absolute Gasteiger partial charge is 0.487 e. The van der Waals surface area contributed by atoms with Gasteiger partial charge in [-0.05, 0) is 49.5 Å². The second kappa shape index (κ2) is 7.46. The molecule has 3 rings (SSSR count). The fourth-order valence-electron chi connectivity index (χ4n) is 3.59. The Morgan fingerprint density at radius 1 is 1.14 bits per heavy atom. The van der Waals surface area contributed by atoms with Gasteiger partial charge in [-0.2, -0.15) is 0 Å². The lowest BCUT2D eigenvalue weighted by Gasteiger charge is -2.38. The van der Waals surface area contributed by atoms with Crippen LogP contribution in [0.2, 0.25) is 0 Å². The smallest absolute Gasteiger partial charge is 0.244 e. The summed E-state index contributed by atoms with van der Waals surface area (Å²) < 4.78 is 6.08. The van der Waals surface area contributed by atoms with E-state index in [-0.39, 0.29) is 23.0 Å². The van der Waals surface area contributed by atoms with Crippen molar-refractivity contribution in [3.8, 4) is 5.75 Å². The minimum absolute atomic E-state index is 0.0564. The van der Waals surface area contributed by atoms with Gasteiger partial charge in [-0.15, -0.1) is 0 Å². The van der Waals surface area contributed by atoms with E-state index >= 15 is 0 Å². The molecule has 0 saturated heterocycles. The molecule has 2 aromatic carbocycles. The van der Waals surface area contributed by atoms with Gasteiger partial charge in [0.2, 0.25) is 5.91 Å². The van der Waals surface area contributed by atoms with Crippen LogP contribution in [0.1, 0.15) is 69.3 Å². The molecule has 148 valence electrons. The molecule has 3 heteroatoms. The average molecular weight is 378 g/mol. The molecule has 1 N–H and O–H groups in total. The average Bonchev–Trinajstić information content (AvgIpc) is 2.59. The number of rotatable bonds is 3. The summed E-state index contributed by atoms with van der Waals surface area (Å²) in [5.74, 6) is 0.768. The Labute approximate surface area is 168 Å². The molecule has 1 aliphatic heterocycles. The van der Waals surface area contributed by atoms with Crippen LogP contribution in [0.3, 0.4) is 0 Å². The molecule has 0 fully saturated rings. The number of carbonyl (C=O) groups excluding carboxylic acids is 1. The summed E-state index contributed by atoms with van der Waals surface area (Å²) in [4.78, 5) is 12.6. The summed E-state index contributed by atoms with van der Waals surface area (Å²) >= 11 is 0. The highest BCUT2D eigenvalue weighted by molar-refractivity contribution is 5.92. The number of carbonyl (C=O) groups is 1. The Morgan fingerprint density at radius 2 is 1.82 bits per heavy atom. The van der Waals surface area contributed by atoms with Crippen LogP contribution in [0.4, 0.5) is 0 Å². The fraction of sp³-hybridized carbons (Fsp3) is 0.400. The maximum Gasteiger partial charge on any atom is 0.244 e. The molecule has 0 spiro atoms. The van der Waals surface area contributed by atoms with Gasteiger partial charge in [-0.1, -0.05) is 62.7 Å². The Kier molecular flexibility index (Phi) is 5.38. The number of fused-ring (bicyclic) bond motifs is 1. The van der Waals surface area contributed by atoms with Gasteiger partial charge in [-0.25, -0.2) is 0 Å². The van der Waals surface area contributed by atoms with E-state index in [1.54, 1.807) is 6.08 Å². The van der Waals surface area contributed by atoms with Gasteiger partial charge in [0.05, 0.1) is 6.04 Å². The number of benzene rings is 2. The summed E-state index contributed by atoms with van der Waals surface area (Å²) in [6.45, 7) is 12.8. The standard InChI is InChI=1S/C25H31NO2/c1-17-7-13-22-20(15-17)21(16-25(5,6)28-22)26-23(27)14-10-18-8-11-19(12-9-18)24(2,3)4/h7-15,21H,16H2,1-6H3,(H,26,27)/b14-10+. The van der Waals surface area contributed by atoms with Gasteiger partial charge >= 0.3 is 0 Å². The molecule has 0 radical (unpaired) electrons. The van der Waals surface area contributed by atoms with Crippen molar-refractivity contribution >= 4 is 12.0 Å². The molecular formula is C25H31NO2. The van der Waals surface area contributed by atoms with Gasteiger partial charge in [0, 0.05) is 18.1 Å². The zero-order valence-corrected chi connectivity index (χ0v) is 17.8. The van der Waals surface area contributed by atoms with Gasteiger partial charge in [0.25, 0.3) is 0 Å². The van der Waals surface area contributed by atoms with E-state index in [0.717, 1.165) is 28.9 Å². The second-order valence-corrected chi connectivity index (χ2v) is 9.37. The summed E-state index contributed by atoms with van der Waals surface area (Å²) in [5.41, 5.74) is 4.33. The highest BCUT2D eigenvalue weighted by Gasteiger charge is 2.34. The predicted molar refractivity (Wildman–Crippen MR) is 116 cm³/mol. The molecule has 1 atom stereocenters. The van der Waals surface area contributed by atoms with Crippen LogP contribution >= 0.6 is 0 Å². The zero-order valence-electron chi connectivity index (χ0n) is 17.8. The summed E-state index contributed by atoms with van der Waals surface area (Å²) in [6.07, 6.45) is 4.22. The zero-order chi connectivity index (χ0) is 20.5. The van der Waals surface area contributed by atoms with Gasteiger partial charge in [-0.3, -0.25) is 4.79 Å². The molecule has 0 saturated carbocycles. The van der Waals surface area contributed by atoms with Crippen LogP contribution in [0, 0.1) is 6.92 Å². The van der Waals surface area contributed by atoms with E-state index in [4.69, 9.17) is 4.74 Å². The number of aryl methyl sites for hydroxylation is 1. The third-order valence-electron chi connectivity index (χ3n) is 5.14. The van der Waals surface area contributed by atoms with Crippen molar-refractivity contribution in [1.82, 2.24) is 5.32 Å². The van der Waals surface area contributed by atoms with Gasteiger partial charge < -0.3 is 10.1 Å². The Hall–Kier alpha value is -2.55. The molecule has 0 aliphatic carbocycles. The lowest BCUT2D eigenvalue weighted by atomic mass is 9.87. The number of ether oxygens (including phenoxy) is 1. The first-order valence-corrected chi connectivity index (χ1v) is 9.92. The third-order valence-corrected chi connectivity index (χ3v) is 5.14. The van der Waals surface area contributed by atoms with E-state index in [1.807, 2.05) is 18.2 Å². The van der Waals surface area contributed by atoms with Crippen molar-refractivity contribution in [2.24, 2.45) is 0 Å². The highest BCUT2D eigenvalue weighted by atomic mass is 16.5. The van der Waals surface area contributed by atoms with Crippen LogP contribution in [0.15, 0.2) is 48.5 Å².